The molecular weight excluding hydrogens is 673 g/mol. The minimum absolute atomic E-state index is 0.0566. The second-order valence-electron chi connectivity index (χ2n) is 12.2. The summed E-state index contributed by atoms with van der Waals surface area (Å²) < 4.78 is 28.2. The zero-order valence-electron chi connectivity index (χ0n) is 27.7. The molecule has 10 nitrogen and oxygen atoms in total. The fourth-order valence-corrected chi connectivity index (χ4v) is 6.60. The number of methoxy groups -OCH3 is 1. The number of likely N-dealkylation sites (tertiary alicyclic amines) is 1. The summed E-state index contributed by atoms with van der Waals surface area (Å²) in [5.74, 6) is -0.175. The monoisotopic (exact) mass is 705 g/mol. The highest BCUT2D eigenvalue weighted by Crippen LogP contribution is 2.35. The number of hydrogen-bond donors (Lipinski definition) is 2. The molecule has 0 bridgehead atoms. The molecule has 0 saturated carbocycles. The summed E-state index contributed by atoms with van der Waals surface area (Å²) in [7, 11) is 1.58. The van der Waals surface area contributed by atoms with Crippen LogP contribution in [0.15, 0.2) is 103 Å². The van der Waals surface area contributed by atoms with E-state index in [0.717, 1.165) is 10.9 Å². The fourth-order valence-electron chi connectivity index (χ4n) is 6.40. The highest BCUT2D eigenvalue weighted by Gasteiger charge is 2.41. The Morgan fingerprint density at radius 2 is 1.75 bits per heavy atom. The third-order valence-corrected chi connectivity index (χ3v) is 9.24. The van der Waals surface area contributed by atoms with Crippen molar-refractivity contribution in [2.75, 3.05) is 19.0 Å². The lowest BCUT2D eigenvalue weighted by molar-refractivity contribution is -0.124. The molecule has 1 aliphatic rings. The molecule has 12 heteroatoms. The van der Waals surface area contributed by atoms with Crippen LogP contribution in [0.4, 0.5) is 14.9 Å². The van der Waals surface area contributed by atoms with Crippen molar-refractivity contribution in [2.24, 2.45) is 0 Å². The van der Waals surface area contributed by atoms with E-state index in [4.69, 9.17) is 26.1 Å². The molecule has 2 atom stereocenters. The van der Waals surface area contributed by atoms with Crippen molar-refractivity contribution in [3.05, 3.63) is 120 Å². The number of fused-ring (bicyclic) bond motifs is 2. The normalized spacial score (nSPS) is 15.6. The van der Waals surface area contributed by atoms with Crippen molar-refractivity contribution in [1.82, 2.24) is 19.8 Å². The molecule has 1 saturated heterocycles. The lowest BCUT2D eigenvalue weighted by atomic mass is 10.1. The number of carbonyl (C=O) groups is 3. The van der Waals surface area contributed by atoms with Gasteiger partial charge in [-0.2, -0.15) is 0 Å². The molecule has 0 radical (unpaired) electrons. The number of pyridine rings is 1. The van der Waals surface area contributed by atoms with Crippen LogP contribution >= 0.6 is 11.6 Å². The van der Waals surface area contributed by atoms with Crippen LogP contribution in [0.25, 0.3) is 33.1 Å². The van der Waals surface area contributed by atoms with Crippen molar-refractivity contribution in [2.45, 2.75) is 32.0 Å². The predicted molar refractivity (Wildman–Crippen MR) is 194 cm³/mol. The molecule has 6 aromatic rings. The Hall–Kier alpha value is -5.94. The summed E-state index contributed by atoms with van der Waals surface area (Å²) in [4.78, 5) is 46.5. The first-order valence-corrected chi connectivity index (χ1v) is 16.7. The van der Waals surface area contributed by atoms with Crippen molar-refractivity contribution in [3.8, 4) is 22.8 Å². The quantitative estimate of drug-likeness (QED) is 0.168. The van der Waals surface area contributed by atoms with Crippen LogP contribution in [0, 0.1) is 5.82 Å². The van der Waals surface area contributed by atoms with Gasteiger partial charge in [0.1, 0.15) is 29.5 Å². The third-order valence-electron chi connectivity index (χ3n) is 8.95. The average molecular weight is 706 g/mol. The van der Waals surface area contributed by atoms with Gasteiger partial charge in [0.2, 0.25) is 11.8 Å². The lowest BCUT2D eigenvalue weighted by Crippen LogP contribution is -2.47. The number of para-hydroxylation sites is 1. The molecule has 2 N–H and O–H groups in total. The summed E-state index contributed by atoms with van der Waals surface area (Å²) in [6.45, 7) is 1.36. The molecule has 3 amide bonds. The van der Waals surface area contributed by atoms with Crippen molar-refractivity contribution in [3.63, 3.8) is 0 Å². The van der Waals surface area contributed by atoms with Gasteiger partial charge < -0.3 is 25.0 Å². The Kier molecular flexibility index (Phi) is 9.29. The van der Waals surface area contributed by atoms with Gasteiger partial charge in [0.15, 0.2) is 0 Å². The number of ether oxygens (including phenoxy) is 2. The highest BCUT2D eigenvalue weighted by atomic mass is 35.5. The largest absolute Gasteiger partial charge is 0.497 e. The second-order valence-corrected chi connectivity index (χ2v) is 12.6. The summed E-state index contributed by atoms with van der Waals surface area (Å²) in [6.07, 6.45) is 1.10. The van der Waals surface area contributed by atoms with Gasteiger partial charge in [-0.05, 0) is 24.3 Å². The van der Waals surface area contributed by atoms with Crippen molar-refractivity contribution >= 4 is 56.9 Å². The van der Waals surface area contributed by atoms with E-state index in [1.165, 1.54) is 28.5 Å². The molecule has 51 heavy (non-hydrogen) atoms. The summed E-state index contributed by atoms with van der Waals surface area (Å²) in [5, 5.41) is 7.03. The van der Waals surface area contributed by atoms with Gasteiger partial charge in [0.05, 0.1) is 41.1 Å². The average Bonchev–Trinajstić information content (AvgIpc) is 3.74. The van der Waals surface area contributed by atoms with Crippen molar-refractivity contribution in [1.29, 1.82) is 0 Å². The van der Waals surface area contributed by atoms with Crippen LogP contribution in [-0.4, -0.2) is 58.1 Å². The van der Waals surface area contributed by atoms with Crippen LogP contribution in [0.1, 0.15) is 23.7 Å². The van der Waals surface area contributed by atoms with Gasteiger partial charge in [0, 0.05) is 60.1 Å². The first-order valence-electron chi connectivity index (χ1n) is 16.3. The number of halogens is 2. The minimum atomic E-state index is -0.972. The molecule has 2 unspecified atom stereocenters. The standard InChI is InChI=1S/C39H33ClFN5O5/c1-23(47)45-22-33(28-12-6-7-14-34(28)45)44-39(49)46-21-27(18-35(46)38(48)42-20-25-11-8-13-30(40)37(25)41)51-36-19-31(24-9-4-3-5-10-24)43-32-17-26(50-2)15-16-29(32)36/h3-17,19,22,27,35H,18,20-21H2,1-2H3,(H,42,48)(H,44,49). The van der Waals surface area contributed by atoms with Gasteiger partial charge in [-0.15, -0.1) is 0 Å². The third kappa shape index (κ3) is 6.80. The zero-order chi connectivity index (χ0) is 35.6. The molecule has 258 valence electrons. The zero-order valence-corrected chi connectivity index (χ0v) is 28.5. The molecule has 0 spiro atoms. The smallest absolute Gasteiger partial charge is 0.322 e. The van der Waals surface area contributed by atoms with Crippen LogP contribution in [0.5, 0.6) is 11.5 Å². The predicted octanol–water partition coefficient (Wildman–Crippen LogP) is 7.69. The van der Waals surface area contributed by atoms with E-state index in [9.17, 15) is 18.8 Å². The second kappa shape index (κ2) is 14.1. The molecule has 4 aromatic carbocycles. The maximum atomic E-state index is 14.7. The SMILES string of the molecule is COc1ccc2c(OC3CC(C(=O)NCc4cccc(Cl)c4F)N(C(=O)Nc4cn(C(C)=O)c5ccccc45)C3)cc(-c3ccccc3)nc2c1. The number of aromatic nitrogens is 2. The number of hydrogen-bond acceptors (Lipinski definition) is 6. The first kappa shape index (κ1) is 33.6. The van der Waals surface area contributed by atoms with Gasteiger partial charge in [-0.1, -0.05) is 72.3 Å². The number of carbonyl (C=O) groups excluding carboxylic acids is 3. The molecule has 7 rings (SSSR count). The van der Waals surface area contributed by atoms with Gasteiger partial charge in [-0.25, -0.2) is 14.2 Å². The Bertz CT molecular complexity index is 2300. The number of amides is 3. The number of nitrogens with one attached hydrogen (secondary N) is 2. The van der Waals surface area contributed by atoms with Crippen LogP contribution in [0.2, 0.25) is 5.02 Å². The van der Waals surface area contributed by atoms with Gasteiger partial charge in [-0.3, -0.25) is 14.2 Å². The van der Waals surface area contributed by atoms with E-state index in [0.29, 0.717) is 39.3 Å². The number of nitrogens with zero attached hydrogens (tertiary/aromatic N) is 3. The molecule has 1 aliphatic heterocycles. The number of rotatable bonds is 8. The maximum Gasteiger partial charge on any atom is 0.322 e. The Morgan fingerprint density at radius 1 is 0.961 bits per heavy atom. The summed E-state index contributed by atoms with van der Waals surface area (Å²) in [5.41, 5.74) is 3.47. The Morgan fingerprint density at radius 3 is 2.53 bits per heavy atom. The first-order chi connectivity index (χ1) is 24.7. The minimum Gasteiger partial charge on any atom is -0.497 e. The van der Waals surface area contributed by atoms with Crippen LogP contribution in [-0.2, 0) is 11.3 Å². The fraction of sp³-hybridized carbons (Fsp3) is 0.179. The van der Waals surface area contributed by atoms with E-state index in [1.54, 1.807) is 37.6 Å². The maximum absolute atomic E-state index is 14.7. The van der Waals surface area contributed by atoms with E-state index in [1.807, 2.05) is 60.7 Å². The lowest BCUT2D eigenvalue weighted by Gasteiger charge is -2.24. The molecule has 1 fully saturated rings. The van der Waals surface area contributed by atoms with Gasteiger partial charge in [0.25, 0.3) is 0 Å². The molecule has 0 aliphatic carbocycles. The highest BCUT2D eigenvalue weighted by molar-refractivity contribution is 6.30. The van der Waals surface area contributed by atoms with Crippen molar-refractivity contribution < 1.29 is 28.2 Å². The van der Waals surface area contributed by atoms with Crippen LogP contribution in [0.3, 0.4) is 0 Å². The molecule has 2 aromatic heterocycles. The molecule has 3 heterocycles. The van der Waals surface area contributed by atoms with Crippen LogP contribution < -0.4 is 20.1 Å². The topological polar surface area (TPSA) is 115 Å². The van der Waals surface area contributed by atoms with E-state index >= 15 is 0 Å². The number of urea groups is 1. The Labute approximate surface area is 297 Å². The summed E-state index contributed by atoms with van der Waals surface area (Å²) in [6, 6.07) is 27.3. The number of benzene rings is 4. The Balaban J connectivity index is 1.20. The molecular formula is C39H33ClFN5O5. The van der Waals surface area contributed by atoms with E-state index in [-0.39, 0.29) is 36.0 Å². The van der Waals surface area contributed by atoms with E-state index in [2.05, 4.69) is 10.6 Å². The number of anilines is 1. The van der Waals surface area contributed by atoms with Gasteiger partial charge >= 0.3 is 6.03 Å². The summed E-state index contributed by atoms with van der Waals surface area (Å²) >= 11 is 5.97. The van der Waals surface area contributed by atoms with E-state index < -0.39 is 29.9 Å².